The first-order valence-electron chi connectivity index (χ1n) is 8.76. The highest BCUT2D eigenvalue weighted by atomic mass is 16.6. The smallest absolute Gasteiger partial charge is 0.336 e. The number of non-ortho nitro benzene ring substituents is 1. The van der Waals surface area contributed by atoms with Gasteiger partial charge in [-0.05, 0) is 42.0 Å². The summed E-state index contributed by atoms with van der Waals surface area (Å²) < 4.78 is 16.1. The van der Waals surface area contributed by atoms with Crippen LogP contribution in [0.3, 0.4) is 0 Å². The van der Waals surface area contributed by atoms with Gasteiger partial charge in [0.25, 0.3) is 5.69 Å². The molecule has 0 atom stereocenters. The van der Waals surface area contributed by atoms with Crippen LogP contribution in [0.5, 0.6) is 5.75 Å². The van der Waals surface area contributed by atoms with E-state index in [1.807, 2.05) is 0 Å². The van der Waals surface area contributed by atoms with Crippen molar-refractivity contribution in [3.63, 3.8) is 0 Å². The fourth-order valence-corrected chi connectivity index (χ4v) is 2.80. The number of hydrogen-bond acceptors (Lipinski definition) is 7. The van der Waals surface area contributed by atoms with Crippen molar-refractivity contribution in [1.29, 1.82) is 0 Å². The van der Waals surface area contributed by atoms with E-state index in [4.69, 9.17) is 13.6 Å². The van der Waals surface area contributed by atoms with Crippen LogP contribution in [0.1, 0.15) is 5.56 Å². The third-order valence-electron chi connectivity index (χ3n) is 4.17. The third-order valence-corrected chi connectivity index (χ3v) is 4.17. The SMILES string of the molecule is O=C(C=Cc1cccc([N+](=O)[O-])c1)Oc1ccc2oc(-c3ccco3)cc(=O)c2c1. The fourth-order valence-electron chi connectivity index (χ4n) is 2.80. The number of carbonyl (C=O) groups excluding carboxylic acids is 1. The summed E-state index contributed by atoms with van der Waals surface area (Å²) in [7, 11) is 0. The van der Waals surface area contributed by atoms with Gasteiger partial charge < -0.3 is 13.6 Å². The molecule has 0 aliphatic rings. The van der Waals surface area contributed by atoms with Gasteiger partial charge >= 0.3 is 5.97 Å². The third kappa shape index (κ3) is 4.02. The molecule has 8 heteroatoms. The van der Waals surface area contributed by atoms with E-state index in [-0.39, 0.29) is 22.3 Å². The second-order valence-electron chi connectivity index (χ2n) is 6.22. The number of benzene rings is 2. The van der Waals surface area contributed by atoms with Crippen LogP contribution in [0.2, 0.25) is 0 Å². The van der Waals surface area contributed by atoms with E-state index in [0.29, 0.717) is 22.7 Å². The second kappa shape index (κ2) is 7.88. The molecule has 0 amide bonds. The van der Waals surface area contributed by atoms with Crippen molar-refractivity contribution in [1.82, 2.24) is 0 Å². The van der Waals surface area contributed by atoms with Crippen LogP contribution in [0, 0.1) is 10.1 Å². The van der Waals surface area contributed by atoms with Crippen LogP contribution in [0.4, 0.5) is 5.69 Å². The maximum Gasteiger partial charge on any atom is 0.336 e. The van der Waals surface area contributed by atoms with E-state index in [2.05, 4.69) is 0 Å². The lowest BCUT2D eigenvalue weighted by molar-refractivity contribution is -0.384. The molecule has 2 aromatic carbocycles. The van der Waals surface area contributed by atoms with Crippen LogP contribution >= 0.6 is 0 Å². The minimum atomic E-state index is -0.697. The Kier molecular flexibility index (Phi) is 4.96. The summed E-state index contributed by atoms with van der Waals surface area (Å²) in [5, 5.41) is 11.1. The molecular formula is C22H13NO7. The van der Waals surface area contributed by atoms with Crippen LogP contribution < -0.4 is 10.2 Å². The predicted octanol–water partition coefficient (Wildman–Crippen LogP) is 4.58. The number of rotatable bonds is 5. The summed E-state index contributed by atoms with van der Waals surface area (Å²) in [5.74, 6) is 0.185. The first-order chi connectivity index (χ1) is 14.5. The van der Waals surface area contributed by atoms with Crippen molar-refractivity contribution in [3.8, 4) is 17.3 Å². The molecule has 0 aliphatic heterocycles. The molecule has 0 bridgehead atoms. The Labute approximate surface area is 168 Å². The lowest BCUT2D eigenvalue weighted by atomic mass is 10.2. The summed E-state index contributed by atoms with van der Waals surface area (Å²) in [5.41, 5.74) is 0.403. The molecule has 148 valence electrons. The van der Waals surface area contributed by atoms with Gasteiger partial charge in [-0.1, -0.05) is 12.1 Å². The zero-order chi connectivity index (χ0) is 21.1. The van der Waals surface area contributed by atoms with Crippen LogP contribution in [0.15, 0.2) is 86.6 Å². The van der Waals surface area contributed by atoms with Gasteiger partial charge in [-0.3, -0.25) is 14.9 Å². The average Bonchev–Trinajstić information content (AvgIpc) is 3.28. The summed E-state index contributed by atoms with van der Waals surface area (Å²) >= 11 is 0. The Balaban J connectivity index is 1.54. The number of hydrogen-bond donors (Lipinski definition) is 0. The first kappa shape index (κ1) is 18.9. The molecule has 0 saturated heterocycles. The Bertz CT molecular complexity index is 1330. The molecule has 4 rings (SSSR count). The number of nitro benzene ring substituents is 1. The quantitative estimate of drug-likeness (QED) is 0.158. The number of fused-ring (bicyclic) bond motifs is 1. The molecule has 0 radical (unpaired) electrons. The maximum absolute atomic E-state index is 12.4. The number of esters is 1. The Morgan fingerprint density at radius 2 is 1.90 bits per heavy atom. The molecule has 2 heterocycles. The maximum atomic E-state index is 12.4. The number of ether oxygens (including phenoxy) is 1. The molecule has 30 heavy (non-hydrogen) atoms. The van der Waals surface area contributed by atoms with Crippen molar-refractivity contribution in [3.05, 3.63) is 98.9 Å². The zero-order valence-corrected chi connectivity index (χ0v) is 15.3. The van der Waals surface area contributed by atoms with Gasteiger partial charge in [-0.15, -0.1) is 0 Å². The van der Waals surface area contributed by atoms with Crippen molar-refractivity contribution in [2.24, 2.45) is 0 Å². The van der Waals surface area contributed by atoms with Gasteiger partial charge in [-0.25, -0.2) is 4.79 Å². The molecular weight excluding hydrogens is 390 g/mol. The first-order valence-corrected chi connectivity index (χ1v) is 8.76. The largest absolute Gasteiger partial charge is 0.461 e. The topological polar surface area (TPSA) is 113 Å². The van der Waals surface area contributed by atoms with Crippen molar-refractivity contribution in [2.45, 2.75) is 0 Å². The van der Waals surface area contributed by atoms with Crippen LogP contribution in [-0.4, -0.2) is 10.9 Å². The van der Waals surface area contributed by atoms with Gasteiger partial charge in [-0.2, -0.15) is 0 Å². The van der Waals surface area contributed by atoms with Crippen molar-refractivity contribution in [2.75, 3.05) is 0 Å². The van der Waals surface area contributed by atoms with E-state index in [1.165, 1.54) is 54.8 Å². The molecule has 2 aromatic heterocycles. The molecule has 0 unspecified atom stereocenters. The molecule has 0 N–H and O–H groups in total. The number of nitro groups is 1. The van der Waals surface area contributed by atoms with E-state index < -0.39 is 10.9 Å². The van der Waals surface area contributed by atoms with Gasteiger partial charge in [0.15, 0.2) is 16.9 Å². The summed E-state index contributed by atoms with van der Waals surface area (Å²) in [4.78, 5) is 34.8. The Morgan fingerprint density at radius 1 is 1.03 bits per heavy atom. The van der Waals surface area contributed by atoms with E-state index in [1.54, 1.807) is 18.2 Å². The molecule has 4 aromatic rings. The standard InChI is InChI=1S/C22H13NO7/c24-18-13-21(20-5-2-10-28-20)30-19-8-7-16(12-17(18)19)29-22(25)9-6-14-3-1-4-15(11-14)23(26)27/h1-13H. The molecule has 0 aliphatic carbocycles. The summed E-state index contributed by atoms with van der Waals surface area (Å²) in [6.45, 7) is 0. The van der Waals surface area contributed by atoms with Gasteiger partial charge in [0.05, 0.1) is 16.6 Å². The predicted molar refractivity (Wildman–Crippen MR) is 108 cm³/mol. The highest BCUT2D eigenvalue weighted by molar-refractivity contribution is 5.89. The molecule has 8 nitrogen and oxygen atoms in total. The fraction of sp³-hybridized carbons (Fsp3) is 0. The number of carbonyl (C=O) groups is 1. The lowest BCUT2D eigenvalue weighted by Gasteiger charge is -2.04. The minimum absolute atomic E-state index is 0.0827. The number of nitrogens with zero attached hydrogens (tertiary/aromatic N) is 1. The lowest BCUT2D eigenvalue weighted by Crippen LogP contribution is -2.05. The summed E-state index contributed by atoms with van der Waals surface area (Å²) in [6.07, 6.45) is 4.02. The zero-order valence-electron chi connectivity index (χ0n) is 15.3. The minimum Gasteiger partial charge on any atom is -0.461 e. The van der Waals surface area contributed by atoms with Crippen molar-refractivity contribution < 1.29 is 23.3 Å². The second-order valence-corrected chi connectivity index (χ2v) is 6.22. The van der Waals surface area contributed by atoms with Gasteiger partial charge in [0.2, 0.25) is 0 Å². The monoisotopic (exact) mass is 403 g/mol. The van der Waals surface area contributed by atoms with Crippen molar-refractivity contribution >= 4 is 28.7 Å². The molecule has 0 fully saturated rings. The number of furan rings is 1. The highest BCUT2D eigenvalue weighted by Gasteiger charge is 2.11. The molecule has 0 saturated carbocycles. The normalized spacial score (nSPS) is 11.1. The van der Waals surface area contributed by atoms with Gasteiger partial charge in [0, 0.05) is 24.3 Å². The van der Waals surface area contributed by atoms with E-state index in [9.17, 15) is 19.7 Å². The highest BCUT2D eigenvalue weighted by Crippen LogP contribution is 2.25. The van der Waals surface area contributed by atoms with Crippen LogP contribution in [0.25, 0.3) is 28.6 Å². The average molecular weight is 403 g/mol. The van der Waals surface area contributed by atoms with Crippen LogP contribution in [-0.2, 0) is 4.79 Å². The summed E-state index contributed by atoms with van der Waals surface area (Å²) in [6, 6.07) is 14.9. The Hall–Kier alpha value is -4.46. The molecule has 0 spiro atoms. The van der Waals surface area contributed by atoms with E-state index in [0.717, 1.165) is 6.08 Å². The van der Waals surface area contributed by atoms with Gasteiger partial charge in [0.1, 0.15) is 11.3 Å². The Morgan fingerprint density at radius 3 is 2.67 bits per heavy atom. The van der Waals surface area contributed by atoms with E-state index >= 15 is 0 Å².